The summed E-state index contributed by atoms with van der Waals surface area (Å²) in [6, 6.07) is 11.4. The van der Waals surface area contributed by atoms with Crippen molar-refractivity contribution >= 4 is 21.7 Å². The lowest BCUT2D eigenvalue weighted by molar-refractivity contribution is -0.683. The zero-order valence-electron chi connectivity index (χ0n) is 9.56. The van der Waals surface area contributed by atoms with E-state index in [1.54, 1.807) is 0 Å². The maximum atomic E-state index is 12.0. The third-order valence-corrected chi connectivity index (χ3v) is 3.03. The Kier molecular flexibility index (Phi) is 3.69. The molecule has 0 bridgehead atoms. The van der Waals surface area contributed by atoms with Gasteiger partial charge in [0.25, 0.3) is 0 Å². The van der Waals surface area contributed by atoms with E-state index in [1.807, 2.05) is 60.3 Å². The summed E-state index contributed by atoms with van der Waals surface area (Å²) in [4.78, 5) is 12.0. The molecule has 2 aromatic rings. The van der Waals surface area contributed by atoms with Gasteiger partial charge < -0.3 is 0 Å². The molecule has 0 radical (unpaired) electrons. The van der Waals surface area contributed by atoms with Crippen LogP contribution < -0.4 is 4.57 Å². The van der Waals surface area contributed by atoms with Crippen molar-refractivity contribution in [2.75, 3.05) is 0 Å². The van der Waals surface area contributed by atoms with Gasteiger partial charge in [-0.3, -0.25) is 4.79 Å². The van der Waals surface area contributed by atoms with E-state index in [4.69, 9.17) is 0 Å². The third kappa shape index (κ3) is 3.24. The second-order valence-electron chi connectivity index (χ2n) is 3.98. The molecule has 1 aromatic carbocycles. The van der Waals surface area contributed by atoms with E-state index in [0.29, 0.717) is 6.54 Å². The van der Waals surface area contributed by atoms with E-state index in [2.05, 4.69) is 15.9 Å². The molecule has 0 fully saturated rings. The highest BCUT2D eigenvalue weighted by Crippen LogP contribution is 2.10. The number of halogens is 1. The van der Waals surface area contributed by atoms with Crippen molar-refractivity contribution in [2.45, 2.75) is 13.5 Å². The predicted molar refractivity (Wildman–Crippen MR) is 69.8 cm³/mol. The van der Waals surface area contributed by atoms with Crippen molar-refractivity contribution < 1.29 is 9.36 Å². The summed E-state index contributed by atoms with van der Waals surface area (Å²) in [5, 5.41) is 0. The van der Waals surface area contributed by atoms with E-state index in [9.17, 15) is 4.79 Å². The normalized spacial score (nSPS) is 10.2. The summed E-state index contributed by atoms with van der Waals surface area (Å²) in [6.45, 7) is 2.39. The fraction of sp³-hybridized carbons (Fsp3) is 0.143. The highest BCUT2D eigenvalue weighted by atomic mass is 79.9. The van der Waals surface area contributed by atoms with Crippen molar-refractivity contribution in [3.8, 4) is 0 Å². The molecule has 0 spiro atoms. The molecule has 2 nitrogen and oxygen atoms in total. The highest BCUT2D eigenvalue weighted by molar-refractivity contribution is 9.10. The number of hydrogen-bond donors (Lipinski definition) is 0. The number of carbonyl (C=O) groups excluding carboxylic acids is 1. The molecule has 0 saturated carbocycles. The zero-order valence-corrected chi connectivity index (χ0v) is 11.1. The summed E-state index contributed by atoms with van der Waals surface area (Å²) in [6.07, 6.45) is 3.88. The molecule has 17 heavy (non-hydrogen) atoms. The van der Waals surface area contributed by atoms with E-state index < -0.39 is 0 Å². The minimum absolute atomic E-state index is 0.119. The van der Waals surface area contributed by atoms with Crippen LogP contribution in [0.25, 0.3) is 0 Å². The Morgan fingerprint density at radius 2 is 1.94 bits per heavy atom. The smallest absolute Gasteiger partial charge is 0.227 e. The van der Waals surface area contributed by atoms with Gasteiger partial charge in [-0.2, -0.15) is 4.57 Å². The van der Waals surface area contributed by atoms with Gasteiger partial charge in [-0.1, -0.05) is 28.1 Å². The minimum atomic E-state index is 0.119. The Balaban J connectivity index is 2.14. The van der Waals surface area contributed by atoms with Crippen LogP contribution in [0, 0.1) is 6.92 Å². The fourth-order valence-electron chi connectivity index (χ4n) is 1.64. The van der Waals surface area contributed by atoms with Gasteiger partial charge in [0.05, 0.1) is 0 Å². The Morgan fingerprint density at radius 1 is 1.24 bits per heavy atom. The van der Waals surface area contributed by atoms with Gasteiger partial charge >= 0.3 is 0 Å². The monoisotopic (exact) mass is 290 g/mol. The lowest BCUT2D eigenvalue weighted by Gasteiger charge is -1.99. The van der Waals surface area contributed by atoms with Crippen molar-refractivity contribution in [2.24, 2.45) is 0 Å². The third-order valence-electron chi connectivity index (χ3n) is 2.50. The van der Waals surface area contributed by atoms with Gasteiger partial charge in [0, 0.05) is 21.7 Å². The van der Waals surface area contributed by atoms with Gasteiger partial charge in [0.15, 0.2) is 12.4 Å². The number of ketones is 1. The van der Waals surface area contributed by atoms with Crippen LogP contribution in [-0.4, -0.2) is 5.78 Å². The Hall–Kier alpha value is -1.48. The summed E-state index contributed by atoms with van der Waals surface area (Å²) >= 11 is 3.35. The van der Waals surface area contributed by atoms with Crippen molar-refractivity contribution in [3.63, 3.8) is 0 Å². The Bertz CT molecular complexity index is 534. The molecule has 3 heteroatoms. The van der Waals surface area contributed by atoms with Gasteiger partial charge in [-0.05, 0) is 25.1 Å². The average Bonchev–Trinajstić information content (AvgIpc) is 2.29. The van der Waals surface area contributed by atoms with Gasteiger partial charge in [-0.25, -0.2) is 0 Å². The Morgan fingerprint density at radius 3 is 2.59 bits per heavy atom. The fourth-order valence-corrected chi connectivity index (χ4v) is 1.91. The molecule has 0 aliphatic heterocycles. The molecule has 0 aliphatic rings. The molecule has 0 unspecified atom stereocenters. The van der Waals surface area contributed by atoms with Crippen LogP contribution in [0.4, 0.5) is 0 Å². The number of pyridine rings is 1. The number of aryl methyl sites for hydroxylation is 1. The number of carbonyl (C=O) groups is 1. The first-order valence-corrected chi connectivity index (χ1v) is 6.19. The summed E-state index contributed by atoms with van der Waals surface area (Å²) < 4.78 is 2.89. The SMILES string of the molecule is Cc1ccc[n+](CC(=O)c2ccc(Br)cc2)c1. The summed E-state index contributed by atoms with van der Waals surface area (Å²) in [5.41, 5.74) is 1.89. The molecule has 0 atom stereocenters. The molecule has 1 aromatic heterocycles. The lowest BCUT2D eigenvalue weighted by atomic mass is 10.1. The molecule has 0 amide bonds. The molecular weight excluding hydrogens is 278 g/mol. The van der Waals surface area contributed by atoms with Crippen LogP contribution in [0.3, 0.4) is 0 Å². The topological polar surface area (TPSA) is 20.9 Å². The second kappa shape index (κ2) is 5.23. The van der Waals surface area contributed by atoms with E-state index >= 15 is 0 Å². The Labute approximate surface area is 109 Å². The molecule has 86 valence electrons. The number of aromatic nitrogens is 1. The van der Waals surface area contributed by atoms with E-state index in [-0.39, 0.29) is 5.78 Å². The first-order chi connectivity index (χ1) is 8.15. The molecular formula is C14H13BrNO+. The number of nitrogens with zero attached hydrogens (tertiary/aromatic N) is 1. The number of hydrogen-bond acceptors (Lipinski definition) is 1. The molecule has 0 saturated heterocycles. The number of rotatable bonds is 3. The van der Waals surface area contributed by atoms with Crippen LogP contribution >= 0.6 is 15.9 Å². The molecule has 0 N–H and O–H groups in total. The van der Waals surface area contributed by atoms with E-state index in [1.165, 1.54) is 0 Å². The maximum Gasteiger partial charge on any atom is 0.227 e. The van der Waals surface area contributed by atoms with Crippen molar-refractivity contribution in [3.05, 3.63) is 64.4 Å². The highest BCUT2D eigenvalue weighted by Gasteiger charge is 2.11. The van der Waals surface area contributed by atoms with Crippen LogP contribution in [0.5, 0.6) is 0 Å². The quantitative estimate of drug-likeness (QED) is 0.629. The zero-order chi connectivity index (χ0) is 12.3. The first kappa shape index (κ1) is 12.0. The van der Waals surface area contributed by atoms with Gasteiger partial charge in [0.1, 0.15) is 0 Å². The molecule has 2 rings (SSSR count). The van der Waals surface area contributed by atoms with Crippen LogP contribution in [-0.2, 0) is 6.54 Å². The molecule has 0 aliphatic carbocycles. The second-order valence-corrected chi connectivity index (χ2v) is 4.90. The summed E-state index contributed by atoms with van der Waals surface area (Å²) in [7, 11) is 0. The van der Waals surface area contributed by atoms with Crippen LogP contribution in [0.1, 0.15) is 15.9 Å². The maximum absolute atomic E-state index is 12.0. The van der Waals surface area contributed by atoms with Gasteiger partial charge in [0.2, 0.25) is 12.3 Å². The lowest BCUT2D eigenvalue weighted by Crippen LogP contribution is -2.37. The number of Topliss-reactive ketones (excluding diaryl/α,β-unsaturated/α-hetero) is 1. The van der Waals surface area contributed by atoms with Crippen LogP contribution in [0.2, 0.25) is 0 Å². The van der Waals surface area contributed by atoms with Crippen LogP contribution in [0.15, 0.2) is 53.3 Å². The van der Waals surface area contributed by atoms with Gasteiger partial charge in [-0.15, -0.1) is 0 Å². The molecule has 1 heterocycles. The largest absolute Gasteiger partial charge is 0.287 e. The predicted octanol–water partition coefficient (Wildman–Crippen LogP) is 2.93. The van der Waals surface area contributed by atoms with Crippen molar-refractivity contribution in [1.82, 2.24) is 0 Å². The average molecular weight is 291 g/mol. The van der Waals surface area contributed by atoms with Crippen molar-refractivity contribution in [1.29, 1.82) is 0 Å². The standard InChI is InChI=1S/C14H13BrNO/c1-11-3-2-8-16(9-11)10-14(17)12-4-6-13(15)7-5-12/h2-9H,10H2,1H3/q+1. The summed E-state index contributed by atoms with van der Waals surface area (Å²) in [5.74, 6) is 0.119. The number of benzene rings is 1. The minimum Gasteiger partial charge on any atom is -0.287 e. The van der Waals surface area contributed by atoms with E-state index in [0.717, 1.165) is 15.6 Å². The first-order valence-electron chi connectivity index (χ1n) is 5.39.